The summed E-state index contributed by atoms with van der Waals surface area (Å²) >= 11 is 7.32. The fourth-order valence-electron chi connectivity index (χ4n) is 3.87. The van der Waals surface area contributed by atoms with Crippen LogP contribution >= 0.6 is 22.9 Å². The van der Waals surface area contributed by atoms with E-state index in [1.54, 1.807) is 24.3 Å². The number of fused-ring (bicyclic) bond motifs is 1. The molecule has 1 N–H and O–H groups in total. The Kier molecular flexibility index (Phi) is 5.04. The number of ketones is 1. The molecule has 1 aromatic heterocycles. The van der Waals surface area contributed by atoms with Gasteiger partial charge in [-0.2, -0.15) is 0 Å². The third kappa shape index (κ3) is 3.38. The van der Waals surface area contributed by atoms with Crippen LogP contribution in [-0.2, 0) is 9.59 Å². The largest absolute Gasteiger partial charge is 0.507 e. The standard InChI is InChI=1S/C25H17ClN2O3S/c1-14-7-12-18-19(13-14)32-25(27-18)28-21(15-5-3-2-4-6-15)20(23(30)24(28)31)22(29)16-8-10-17(26)11-9-16/h2-13,21,29H,1H3/t21-/m0/s1. The lowest BCUT2D eigenvalue weighted by molar-refractivity contribution is -0.132. The zero-order valence-corrected chi connectivity index (χ0v) is 18.5. The first-order valence-electron chi connectivity index (χ1n) is 9.93. The van der Waals surface area contributed by atoms with Gasteiger partial charge in [-0.05, 0) is 54.4 Å². The average Bonchev–Trinajstić information content (AvgIpc) is 3.32. The van der Waals surface area contributed by atoms with Crippen LogP contribution in [0.3, 0.4) is 0 Å². The third-order valence-corrected chi connectivity index (χ3v) is 6.69. The summed E-state index contributed by atoms with van der Waals surface area (Å²) in [4.78, 5) is 32.4. The van der Waals surface area contributed by atoms with Crippen LogP contribution in [0.15, 0.2) is 78.4 Å². The zero-order chi connectivity index (χ0) is 22.4. The number of carbonyl (C=O) groups is 2. The maximum absolute atomic E-state index is 13.2. The van der Waals surface area contributed by atoms with Crippen molar-refractivity contribution in [2.75, 3.05) is 4.90 Å². The number of amides is 1. The summed E-state index contributed by atoms with van der Waals surface area (Å²) in [6, 6.07) is 20.7. The van der Waals surface area contributed by atoms with Gasteiger partial charge in [0.15, 0.2) is 5.13 Å². The maximum atomic E-state index is 13.2. The number of nitrogens with zero attached hydrogens (tertiary/aromatic N) is 2. The molecule has 158 valence electrons. The highest BCUT2D eigenvalue weighted by atomic mass is 35.5. The van der Waals surface area contributed by atoms with Crippen molar-refractivity contribution in [3.05, 3.63) is 100 Å². The topological polar surface area (TPSA) is 70.5 Å². The SMILES string of the molecule is Cc1ccc2nc(N3C(=O)C(=O)C(=C(O)c4ccc(Cl)cc4)[C@@H]3c3ccccc3)sc2c1. The molecule has 0 unspecified atom stereocenters. The van der Waals surface area contributed by atoms with Gasteiger partial charge in [-0.25, -0.2) is 4.98 Å². The molecule has 0 radical (unpaired) electrons. The molecule has 32 heavy (non-hydrogen) atoms. The number of aromatic nitrogens is 1. The first-order chi connectivity index (χ1) is 15.4. The molecule has 0 spiro atoms. The lowest BCUT2D eigenvalue weighted by Crippen LogP contribution is -2.29. The van der Waals surface area contributed by atoms with Crippen molar-refractivity contribution >= 4 is 55.7 Å². The summed E-state index contributed by atoms with van der Waals surface area (Å²) in [6.07, 6.45) is 0. The molecule has 5 nitrogen and oxygen atoms in total. The Bertz CT molecular complexity index is 1390. The number of aryl methyl sites for hydroxylation is 1. The van der Waals surface area contributed by atoms with Crippen LogP contribution in [0.2, 0.25) is 5.02 Å². The van der Waals surface area contributed by atoms with Crippen LogP contribution in [0, 0.1) is 6.92 Å². The van der Waals surface area contributed by atoms with E-state index in [4.69, 9.17) is 11.6 Å². The quantitative estimate of drug-likeness (QED) is 0.235. The molecule has 1 amide bonds. The number of hydrogen-bond acceptors (Lipinski definition) is 5. The lowest BCUT2D eigenvalue weighted by Gasteiger charge is -2.22. The third-order valence-electron chi connectivity index (χ3n) is 5.42. The van der Waals surface area contributed by atoms with E-state index in [0.717, 1.165) is 15.8 Å². The Labute approximate surface area is 193 Å². The molecule has 0 aliphatic carbocycles. The first kappa shape index (κ1) is 20.4. The van der Waals surface area contributed by atoms with E-state index in [-0.39, 0.29) is 11.3 Å². The first-order valence-corrected chi connectivity index (χ1v) is 11.1. The number of anilines is 1. The molecule has 4 aromatic rings. The van der Waals surface area contributed by atoms with Gasteiger partial charge >= 0.3 is 5.91 Å². The van der Waals surface area contributed by atoms with Crippen molar-refractivity contribution in [2.24, 2.45) is 0 Å². The number of Topliss-reactive ketones (excluding diaryl/α,β-unsaturated/α-hetero) is 1. The summed E-state index contributed by atoms with van der Waals surface area (Å²) in [7, 11) is 0. The molecule has 1 atom stereocenters. The van der Waals surface area contributed by atoms with Gasteiger partial charge in [-0.3, -0.25) is 14.5 Å². The van der Waals surface area contributed by atoms with Gasteiger partial charge in [0.05, 0.1) is 21.8 Å². The fraction of sp³-hybridized carbons (Fsp3) is 0.0800. The van der Waals surface area contributed by atoms with Crippen molar-refractivity contribution < 1.29 is 14.7 Å². The lowest BCUT2D eigenvalue weighted by atomic mass is 9.95. The summed E-state index contributed by atoms with van der Waals surface area (Å²) in [5, 5.41) is 12.0. The highest BCUT2D eigenvalue weighted by Crippen LogP contribution is 2.44. The molecule has 0 bridgehead atoms. The van der Waals surface area contributed by atoms with Crippen LogP contribution in [0.5, 0.6) is 0 Å². The highest BCUT2D eigenvalue weighted by Gasteiger charge is 2.48. The Morgan fingerprint density at radius 3 is 2.47 bits per heavy atom. The number of carbonyl (C=O) groups excluding carboxylic acids is 2. The van der Waals surface area contributed by atoms with Crippen LogP contribution in [0.1, 0.15) is 22.7 Å². The van der Waals surface area contributed by atoms with Gasteiger partial charge in [-0.15, -0.1) is 0 Å². The molecular formula is C25H17ClN2O3S. The van der Waals surface area contributed by atoms with Crippen LogP contribution < -0.4 is 4.90 Å². The Hall–Kier alpha value is -3.48. The monoisotopic (exact) mass is 460 g/mol. The van der Waals surface area contributed by atoms with Crippen LogP contribution in [-0.4, -0.2) is 21.8 Å². The second-order valence-corrected chi connectivity index (χ2v) is 9.00. The van der Waals surface area contributed by atoms with E-state index in [9.17, 15) is 14.7 Å². The molecule has 1 aliphatic heterocycles. The van der Waals surface area contributed by atoms with Gasteiger partial charge in [-0.1, -0.05) is 59.3 Å². The van der Waals surface area contributed by atoms with Gasteiger partial charge in [0.2, 0.25) is 0 Å². The van der Waals surface area contributed by atoms with Crippen molar-refractivity contribution in [1.29, 1.82) is 0 Å². The van der Waals surface area contributed by atoms with E-state index >= 15 is 0 Å². The van der Waals surface area contributed by atoms with E-state index in [1.807, 2.05) is 55.5 Å². The minimum absolute atomic E-state index is 0.0268. The van der Waals surface area contributed by atoms with E-state index in [1.165, 1.54) is 16.2 Å². The van der Waals surface area contributed by atoms with Gasteiger partial charge < -0.3 is 5.11 Å². The van der Waals surface area contributed by atoms with E-state index in [2.05, 4.69) is 4.98 Å². The molecule has 1 aliphatic rings. The van der Waals surface area contributed by atoms with Crippen molar-refractivity contribution in [1.82, 2.24) is 4.98 Å². The summed E-state index contributed by atoms with van der Waals surface area (Å²) in [5.41, 5.74) is 2.98. The molecule has 3 aromatic carbocycles. The molecule has 2 heterocycles. The smallest absolute Gasteiger partial charge is 0.301 e. The predicted octanol–water partition coefficient (Wildman–Crippen LogP) is 5.88. The Morgan fingerprint density at radius 1 is 1.03 bits per heavy atom. The normalized spacial score (nSPS) is 17.9. The minimum atomic E-state index is -0.798. The van der Waals surface area contributed by atoms with Gasteiger partial charge in [0.25, 0.3) is 5.78 Å². The van der Waals surface area contributed by atoms with E-state index < -0.39 is 17.7 Å². The number of halogens is 1. The maximum Gasteiger partial charge on any atom is 0.301 e. The Morgan fingerprint density at radius 2 is 1.75 bits per heavy atom. The molecular weight excluding hydrogens is 444 g/mol. The van der Waals surface area contributed by atoms with E-state index in [0.29, 0.717) is 21.3 Å². The van der Waals surface area contributed by atoms with Crippen molar-refractivity contribution in [3.63, 3.8) is 0 Å². The molecule has 1 fully saturated rings. The second-order valence-electron chi connectivity index (χ2n) is 7.55. The Balaban J connectivity index is 1.72. The average molecular weight is 461 g/mol. The van der Waals surface area contributed by atoms with Crippen LogP contribution in [0.25, 0.3) is 16.0 Å². The molecule has 7 heteroatoms. The number of aliphatic hydroxyl groups excluding tert-OH is 1. The summed E-state index contributed by atoms with van der Waals surface area (Å²) in [6.45, 7) is 1.99. The summed E-state index contributed by atoms with van der Waals surface area (Å²) < 4.78 is 0.923. The number of aliphatic hydroxyl groups is 1. The van der Waals surface area contributed by atoms with Crippen molar-refractivity contribution in [2.45, 2.75) is 13.0 Å². The number of benzene rings is 3. The molecule has 0 saturated carbocycles. The van der Waals surface area contributed by atoms with Crippen molar-refractivity contribution in [3.8, 4) is 0 Å². The van der Waals surface area contributed by atoms with Gasteiger partial charge in [0.1, 0.15) is 5.76 Å². The predicted molar refractivity (Wildman–Crippen MR) is 127 cm³/mol. The number of thiazole rings is 1. The van der Waals surface area contributed by atoms with Crippen LogP contribution in [0.4, 0.5) is 5.13 Å². The zero-order valence-electron chi connectivity index (χ0n) is 16.9. The van der Waals surface area contributed by atoms with Gasteiger partial charge in [0, 0.05) is 10.6 Å². The highest BCUT2D eigenvalue weighted by molar-refractivity contribution is 7.22. The number of rotatable bonds is 3. The molecule has 1 saturated heterocycles. The summed E-state index contributed by atoms with van der Waals surface area (Å²) in [5.74, 6) is -1.71. The number of hydrogen-bond donors (Lipinski definition) is 1. The second kappa shape index (κ2) is 7.89. The fourth-order valence-corrected chi connectivity index (χ4v) is 5.08. The molecule has 5 rings (SSSR count). The minimum Gasteiger partial charge on any atom is -0.507 e.